The van der Waals surface area contributed by atoms with E-state index in [1.54, 1.807) is 6.07 Å². The van der Waals surface area contributed by atoms with E-state index in [4.69, 9.17) is 23.2 Å². The van der Waals surface area contributed by atoms with Crippen molar-refractivity contribution in [1.29, 1.82) is 0 Å². The van der Waals surface area contributed by atoms with Crippen LogP contribution in [0.4, 0.5) is 0 Å². The Morgan fingerprint density at radius 3 is 2.75 bits per heavy atom. The summed E-state index contributed by atoms with van der Waals surface area (Å²) in [5, 5.41) is 4.56. The molecule has 0 saturated carbocycles. The Balaban J connectivity index is 2.98. The molecule has 1 aromatic rings. The minimum Gasteiger partial charge on any atom is -0.309 e. The summed E-state index contributed by atoms with van der Waals surface area (Å²) in [5.41, 5.74) is 1.01. The van der Waals surface area contributed by atoms with Gasteiger partial charge in [-0.3, -0.25) is 0 Å². The van der Waals surface area contributed by atoms with Crippen LogP contribution >= 0.6 is 23.2 Å². The van der Waals surface area contributed by atoms with Crippen LogP contribution in [0.3, 0.4) is 0 Å². The highest BCUT2D eigenvalue weighted by molar-refractivity contribution is 6.42. The first-order chi connectivity index (χ1) is 7.70. The lowest BCUT2D eigenvalue weighted by atomic mass is 10.0. The van der Waals surface area contributed by atoms with E-state index < -0.39 is 0 Å². The monoisotopic (exact) mass is 255 g/mol. The number of hydrogen-bond donors (Lipinski definition) is 1. The van der Waals surface area contributed by atoms with Crippen molar-refractivity contribution in [2.75, 3.05) is 6.54 Å². The molecular weight excluding hydrogens is 241 g/mol. The molecule has 1 N–H and O–H groups in total. The zero-order chi connectivity index (χ0) is 12.0. The van der Waals surface area contributed by atoms with Crippen LogP contribution in [0.1, 0.15) is 31.9 Å². The second kappa shape index (κ2) is 6.81. The van der Waals surface area contributed by atoms with Crippen LogP contribution in [0.2, 0.25) is 10.0 Å². The molecule has 1 unspecified atom stereocenters. The Kier molecular flexibility index (Phi) is 5.69. The van der Waals surface area contributed by atoms with Crippen molar-refractivity contribution >= 4 is 23.2 Å². The van der Waals surface area contributed by atoms with Crippen molar-refractivity contribution in [3.05, 3.63) is 33.8 Å². The van der Waals surface area contributed by atoms with Gasteiger partial charge in [-0.25, -0.2) is 0 Å². The van der Waals surface area contributed by atoms with Gasteiger partial charge in [0.25, 0.3) is 0 Å². The molecule has 0 spiro atoms. The lowest BCUT2D eigenvalue weighted by molar-refractivity contribution is 0.565. The molecular formula is C13H15Cl2N. The van der Waals surface area contributed by atoms with E-state index in [1.807, 2.05) is 19.1 Å². The third-order valence-electron chi connectivity index (χ3n) is 2.29. The molecule has 0 aliphatic carbocycles. The maximum Gasteiger partial charge on any atom is 0.0640 e. The normalized spacial score (nSPS) is 11.8. The van der Waals surface area contributed by atoms with Crippen LogP contribution in [0, 0.1) is 11.8 Å². The van der Waals surface area contributed by atoms with Gasteiger partial charge in [0.2, 0.25) is 0 Å². The summed E-state index contributed by atoms with van der Waals surface area (Å²) in [6.07, 6.45) is 0.740. The molecule has 1 aromatic carbocycles. The molecule has 86 valence electrons. The molecule has 0 aliphatic rings. The summed E-state index contributed by atoms with van der Waals surface area (Å²) >= 11 is 12.2. The summed E-state index contributed by atoms with van der Waals surface area (Å²) in [5.74, 6) is 5.96. The molecule has 1 rings (SSSR count). The first-order valence-corrected chi connectivity index (χ1v) is 6.03. The lowest BCUT2D eigenvalue weighted by Crippen LogP contribution is -2.20. The van der Waals surface area contributed by atoms with Crippen molar-refractivity contribution in [1.82, 2.24) is 5.32 Å². The molecule has 1 atom stereocenters. The van der Waals surface area contributed by atoms with Crippen LogP contribution in [-0.2, 0) is 0 Å². The highest BCUT2D eigenvalue weighted by atomic mass is 35.5. The number of nitrogens with one attached hydrogen (secondary N) is 1. The van der Waals surface area contributed by atoms with E-state index >= 15 is 0 Å². The average Bonchev–Trinajstić information content (AvgIpc) is 2.28. The highest BCUT2D eigenvalue weighted by Gasteiger charge is 2.14. The van der Waals surface area contributed by atoms with Crippen LogP contribution in [0.15, 0.2) is 18.2 Å². The van der Waals surface area contributed by atoms with E-state index in [0.29, 0.717) is 10.0 Å². The van der Waals surface area contributed by atoms with Gasteiger partial charge in [-0.2, -0.15) is 0 Å². The van der Waals surface area contributed by atoms with Crippen molar-refractivity contribution in [3.8, 4) is 11.8 Å². The standard InChI is InChI=1S/C13H15Cl2N/c1-3-5-9-12(16-4-2)10-7-6-8-11(14)13(10)15/h6-8,12,16H,4,9H2,1-2H3. The topological polar surface area (TPSA) is 12.0 Å². The summed E-state index contributed by atoms with van der Waals surface area (Å²) in [6, 6.07) is 5.83. The number of hydrogen-bond acceptors (Lipinski definition) is 1. The van der Waals surface area contributed by atoms with Gasteiger partial charge in [0.05, 0.1) is 10.0 Å². The predicted molar refractivity (Wildman–Crippen MR) is 70.9 cm³/mol. The maximum absolute atomic E-state index is 6.18. The van der Waals surface area contributed by atoms with Gasteiger partial charge in [0.15, 0.2) is 0 Å². The molecule has 0 radical (unpaired) electrons. The zero-order valence-corrected chi connectivity index (χ0v) is 11.0. The second-order valence-corrected chi connectivity index (χ2v) is 4.17. The second-order valence-electron chi connectivity index (χ2n) is 3.38. The fraction of sp³-hybridized carbons (Fsp3) is 0.385. The highest BCUT2D eigenvalue weighted by Crippen LogP contribution is 2.31. The van der Waals surface area contributed by atoms with Crippen LogP contribution < -0.4 is 5.32 Å². The summed E-state index contributed by atoms with van der Waals surface area (Å²) < 4.78 is 0. The average molecular weight is 256 g/mol. The van der Waals surface area contributed by atoms with Gasteiger partial charge in [-0.05, 0) is 25.1 Å². The SMILES string of the molecule is CC#CCC(NCC)c1cccc(Cl)c1Cl. The van der Waals surface area contributed by atoms with Gasteiger partial charge in [0.1, 0.15) is 0 Å². The fourth-order valence-corrected chi connectivity index (χ4v) is 1.97. The Labute approximate surface area is 107 Å². The van der Waals surface area contributed by atoms with E-state index in [-0.39, 0.29) is 6.04 Å². The zero-order valence-electron chi connectivity index (χ0n) is 9.48. The van der Waals surface area contributed by atoms with E-state index in [9.17, 15) is 0 Å². The van der Waals surface area contributed by atoms with Gasteiger partial charge in [0, 0.05) is 12.5 Å². The van der Waals surface area contributed by atoms with E-state index in [1.165, 1.54) is 0 Å². The molecule has 0 bridgehead atoms. The Morgan fingerprint density at radius 2 is 2.12 bits per heavy atom. The molecule has 0 aliphatic heterocycles. The quantitative estimate of drug-likeness (QED) is 0.801. The number of benzene rings is 1. The van der Waals surface area contributed by atoms with E-state index in [2.05, 4.69) is 24.1 Å². The minimum atomic E-state index is 0.142. The Hall–Kier alpha value is -0.680. The molecule has 16 heavy (non-hydrogen) atoms. The van der Waals surface area contributed by atoms with Crippen molar-refractivity contribution in [2.45, 2.75) is 26.3 Å². The molecule has 0 amide bonds. The minimum absolute atomic E-state index is 0.142. The molecule has 0 fully saturated rings. The number of halogens is 2. The van der Waals surface area contributed by atoms with Gasteiger partial charge >= 0.3 is 0 Å². The first-order valence-electron chi connectivity index (χ1n) is 5.27. The third-order valence-corrected chi connectivity index (χ3v) is 3.12. The first kappa shape index (κ1) is 13.4. The van der Waals surface area contributed by atoms with E-state index in [0.717, 1.165) is 18.5 Å². The predicted octanol–water partition coefficient (Wildman–Crippen LogP) is 4.06. The van der Waals surface area contributed by atoms with Gasteiger partial charge < -0.3 is 5.32 Å². The van der Waals surface area contributed by atoms with Gasteiger partial charge in [-0.15, -0.1) is 11.8 Å². The molecule has 0 saturated heterocycles. The Morgan fingerprint density at radius 1 is 1.38 bits per heavy atom. The summed E-state index contributed by atoms with van der Waals surface area (Å²) in [7, 11) is 0. The number of rotatable bonds is 4. The lowest BCUT2D eigenvalue weighted by Gasteiger charge is -2.17. The van der Waals surface area contributed by atoms with Crippen molar-refractivity contribution < 1.29 is 0 Å². The largest absolute Gasteiger partial charge is 0.309 e. The fourth-order valence-electron chi connectivity index (χ4n) is 1.53. The summed E-state index contributed by atoms with van der Waals surface area (Å²) in [6.45, 7) is 4.77. The molecule has 3 heteroatoms. The molecule has 1 nitrogen and oxygen atoms in total. The van der Waals surface area contributed by atoms with Crippen LogP contribution in [0.5, 0.6) is 0 Å². The van der Waals surface area contributed by atoms with Crippen LogP contribution in [-0.4, -0.2) is 6.54 Å². The van der Waals surface area contributed by atoms with Crippen LogP contribution in [0.25, 0.3) is 0 Å². The van der Waals surface area contributed by atoms with Crippen molar-refractivity contribution in [2.24, 2.45) is 0 Å². The van der Waals surface area contributed by atoms with Crippen molar-refractivity contribution in [3.63, 3.8) is 0 Å². The molecule has 0 aromatic heterocycles. The Bertz CT molecular complexity index is 404. The summed E-state index contributed by atoms with van der Waals surface area (Å²) in [4.78, 5) is 0. The maximum atomic E-state index is 6.18. The third kappa shape index (κ3) is 3.42. The smallest absolute Gasteiger partial charge is 0.0640 e. The molecule has 0 heterocycles. The van der Waals surface area contributed by atoms with Gasteiger partial charge in [-0.1, -0.05) is 42.3 Å².